The minimum atomic E-state index is 0.0335. The minimum Gasteiger partial charge on any atom is -0.271 e. The van der Waals surface area contributed by atoms with Gasteiger partial charge in [-0.2, -0.15) is 0 Å². The fourth-order valence-electron chi connectivity index (χ4n) is 2.05. The number of halogens is 2. The molecule has 5 heteroatoms. The average molecular weight is 315 g/mol. The van der Waals surface area contributed by atoms with Crippen LogP contribution < -0.4 is 11.3 Å². The van der Waals surface area contributed by atoms with Gasteiger partial charge in [0.15, 0.2) is 0 Å². The average Bonchev–Trinajstić information content (AvgIpc) is 2.92. The van der Waals surface area contributed by atoms with Crippen LogP contribution in [-0.4, -0.2) is 0 Å². The van der Waals surface area contributed by atoms with Gasteiger partial charge in [0.25, 0.3) is 0 Å². The zero-order valence-electron chi connectivity index (χ0n) is 10.4. The Morgan fingerprint density at radius 2 is 2.05 bits per heavy atom. The summed E-state index contributed by atoms with van der Waals surface area (Å²) in [5.41, 5.74) is 3.79. The van der Waals surface area contributed by atoms with Gasteiger partial charge in [-0.15, -0.1) is 11.3 Å². The maximum absolute atomic E-state index is 6.22. The van der Waals surface area contributed by atoms with E-state index in [0.717, 1.165) is 24.8 Å². The maximum Gasteiger partial charge on any atom is 0.0640 e. The van der Waals surface area contributed by atoms with E-state index in [2.05, 4.69) is 22.9 Å². The van der Waals surface area contributed by atoms with Crippen molar-refractivity contribution in [3.05, 3.63) is 56.2 Å². The van der Waals surface area contributed by atoms with Crippen LogP contribution in [0.5, 0.6) is 0 Å². The van der Waals surface area contributed by atoms with Gasteiger partial charge in [-0.25, -0.2) is 0 Å². The highest BCUT2D eigenvalue weighted by Crippen LogP contribution is 2.31. The number of nitrogens with one attached hydrogen (secondary N) is 1. The summed E-state index contributed by atoms with van der Waals surface area (Å²) in [6.45, 7) is 0. The number of hydrogen-bond donors (Lipinski definition) is 2. The van der Waals surface area contributed by atoms with Gasteiger partial charge < -0.3 is 0 Å². The van der Waals surface area contributed by atoms with E-state index in [9.17, 15) is 0 Å². The normalized spacial score (nSPS) is 12.6. The molecule has 1 unspecified atom stereocenters. The number of rotatable bonds is 6. The molecule has 0 amide bonds. The predicted octanol–water partition coefficient (Wildman–Crippen LogP) is 4.58. The first-order chi connectivity index (χ1) is 9.22. The molecular weight excluding hydrogens is 299 g/mol. The molecule has 0 spiro atoms. The van der Waals surface area contributed by atoms with Gasteiger partial charge in [-0.3, -0.25) is 11.3 Å². The van der Waals surface area contributed by atoms with Crippen molar-refractivity contribution >= 4 is 34.5 Å². The van der Waals surface area contributed by atoms with Crippen molar-refractivity contribution < 1.29 is 0 Å². The zero-order valence-corrected chi connectivity index (χ0v) is 12.7. The molecule has 3 N–H and O–H groups in total. The molecular formula is C14H16Cl2N2S. The lowest BCUT2D eigenvalue weighted by Gasteiger charge is -2.18. The lowest BCUT2D eigenvalue weighted by Crippen LogP contribution is -2.28. The third kappa shape index (κ3) is 3.94. The number of nitrogens with two attached hydrogens (primary N) is 1. The topological polar surface area (TPSA) is 38.0 Å². The molecule has 0 saturated carbocycles. The Morgan fingerprint density at radius 3 is 2.74 bits per heavy atom. The van der Waals surface area contributed by atoms with Crippen LogP contribution in [0, 0.1) is 0 Å². The molecule has 1 aromatic carbocycles. The molecule has 0 radical (unpaired) electrons. The summed E-state index contributed by atoms with van der Waals surface area (Å²) >= 11 is 14.0. The molecule has 0 aliphatic carbocycles. The summed E-state index contributed by atoms with van der Waals surface area (Å²) in [5.74, 6) is 5.63. The van der Waals surface area contributed by atoms with Gasteiger partial charge in [0.2, 0.25) is 0 Å². The van der Waals surface area contributed by atoms with Crippen molar-refractivity contribution in [1.29, 1.82) is 0 Å². The molecule has 2 aromatic rings. The third-order valence-corrected chi connectivity index (χ3v) is 4.82. The van der Waals surface area contributed by atoms with Gasteiger partial charge >= 0.3 is 0 Å². The summed E-state index contributed by atoms with van der Waals surface area (Å²) in [5, 5.41) is 3.25. The summed E-state index contributed by atoms with van der Waals surface area (Å²) < 4.78 is 0. The molecule has 2 nitrogen and oxygen atoms in total. The number of hydrazine groups is 1. The van der Waals surface area contributed by atoms with Crippen molar-refractivity contribution in [2.45, 2.75) is 25.3 Å². The molecule has 1 aromatic heterocycles. The molecule has 102 valence electrons. The minimum absolute atomic E-state index is 0.0335. The number of hydrogen-bond acceptors (Lipinski definition) is 3. The quantitative estimate of drug-likeness (QED) is 0.605. The van der Waals surface area contributed by atoms with Crippen LogP contribution in [0.3, 0.4) is 0 Å². The van der Waals surface area contributed by atoms with Crippen molar-refractivity contribution in [2.24, 2.45) is 5.84 Å². The van der Waals surface area contributed by atoms with Crippen LogP contribution in [0.15, 0.2) is 35.7 Å². The van der Waals surface area contributed by atoms with Crippen molar-refractivity contribution in [1.82, 2.24) is 5.43 Å². The van der Waals surface area contributed by atoms with Crippen LogP contribution in [0.1, 0.15) is 29.3 Å². The molecule has 0 fully saturated rings. The molecule has 0 saturated heterocycles. The van der Waals surface area contributed by atoms with E-state index in [-0.39, 0.29) is 6.04 Å². The molecule has 1 heterocycles. The molecule has 19 heavy (non-hydrogen) atoms. The lowest BCUT2D eigenvalue weighted by atomic mass is 10.0. The van der Waals surface area contributed by atoms with Crippen LogP contribution in [0.2, 0.25) is 10.0 Å². The summed E-state index contributed by atoms with van der Waals surface area (Å²) in [4.78, 5) is 1.40. The van der Waals surface area contributed by atoms with E-state index < -0.39 is 0 Å². The Kier molecular flexibility index (Phi) is 5.67. The van der Waals surface area contributed by atoms with Crippen LogP contribution >= 0.6 is 34.5 Å². The first-order valence-electron chi connectivity index (χ1n) is 6.14. The number of benzene rings is 1. The first kappa shape index (κ1) is 14.8. The highest BCUT2D eigenvalue weighted by Gasteiger charge is 2.14. The zero-order chi connectivity index (χ0) is 13.7. The Bertz CT molecular complexity index is 514. The molecule has 2 rings (SSSR count). The van der Waals surface area contributed by atoms with Crippen molar-refractivity contribution in [2.75, 3.05) is 0 Å². The Labute approximate surface area is 127 Å². The fourth-order valence-corrected chi connectivity index (χ4v) is 3.24. The third-order valence-electron chi connectivity index (χ3n) is 3.05. The Morgan fingerprint density at radius 1 is 1.21 bits per heavy atom. The number of thiophene rings is 1. The summed E-state index contributed by atoms with van der Waals surface area (Å²) in [7, 11) is 0. The second kappa shape index (κ2) is 7.27. The highest BCUT2D eigenvalue weighted by atomic mass is 35.5. The fraction of sp³-hybridized carbons (Fsp3) is 0.286. The predicted molar refractivity (Wildman–Crippen MR) is 83.8 cm³/mol. The van der Waals surface area contributed by atoms with E-state index >= 15 is 0 Å². The Hall–Kier alpha value is -0.580. The second-order valence-electron chi connectivity index (χ2n) is 4.33. The van der Waals surface area contributed by atoms with Gasteiger partial charge in [0, 0.05) is 10.9 Å². The number of aryl methyl sites for hydroxylation is 1. The van der Waals surface area contributed by atoms with Gasteiger partial charge in [0.05, 0.1) is 10.0 Å². The summed E-state index contributed by atoms with van der Waals surface area (Å²) in [6, 6.07) is 9.91. The highest BCUT2D eigenvalue weighted by molar-refractivity contribution is 7.09. The van der Waals surface area contributed by atoms with Gasteiger partial charge in [-0.1, -0.05) is 41.4 Å². The second-order valence-corrected chi connectivity index (χ2v) is 6.15. The van der Waals surface area contributed by atoms with Crippen LogP contribution in [0.25, 0.3) is 0 Å². The monoisotopic (exact) mass is 314 g/mol. The Balaban J connectivity index is 1.98. The maximum atomic E-state index is 6.22. The molecule has 0 aliphatic rings. The first-order valence-corrected chi connectivity index (χ1v) is 7.78. The van der Waals surface area contributed by atoms with E-state index in [0.29, 0.717) is 10.0 Å². The van der Waals surface area contributed by atoms with E-state index in [1.165, 1.54) is 4.88 Å². The smallest absolute Gasteiger partial charge is 0.0640 e. The summed E-state index contributed by atoms with van der Waals surface area (Å²) in [6.07, 6.45) is 3.04. The van der Waals surface area contributed by atoms with E-state index in [1.54, 1.807) is 17.4 Å². The van der Waals surface area contributed by atoms with Gasteiger partial charge in [0.1, 0.15) is 0 Å². The van der Waals surface area contributed by atoms with E-state index in [4.69, 9.17) is 29.0 Å². The largest absolute Gasteiger partial charge is 0.271 e. The lowest BCUT2D eigenvalue weighted by molar-refractivity contribution is 0.499. The van der Waals surface area contributed by atoms with Crippen molar-refractivity contribution in [3.63, 3.8) is 0 Å². The molecule has 0 bridgehead atoms. The SMILES string of the molecule is NNC(CCCc1cccs1)c1cccc(Cl)c1Cl. The van der Waals surface area contributed by atoms with Crippen LogP contribution in [0.4, 0.5) is 0 Å². The molecule has 1 atom stereocenters. The standard InChI is InChI=1S/C14H16Cl2N2S/c15-12-7-2-6-11(14(12)16)13(18-17)8-1-4-10-5-3-9-19-10/h2-3,5-7,9,13,18H,1,4,8,17H2. The van der Waals surface area contributed by atoms with Crippen molar-refractivity contribution in [3.8, 4) is 0 Å². The van der Waals surface area contributed by atoms with Gasteiger partial charge in [-0.05, 0) is 42.3 Å². The van der Waals surface area contributed by atoms with Crippen LogP contribution in [-0.2, 0) is 6.42 Å². The molecule has 0 aliphatic heterocycles. The van der Waals surface area contributed by atoms with E-state index in [1.807, 2.05) is 12.1 Å².